The van der Waals surface area contributed by atoms with E-state index in [1.54, 1.807) is 21.1 Å². The Morgan fingerprint density at radius 2 is 2.00 bits per heavy atom. The van der Waals surface area contributed by atoms with Gasteiger partial charge >= 0.3 is 0 Å². The third kappa shape index (κ3) is 4.84. The van der Waals surface area contributed by atoms with Gasteiger partial charge in [-0.3, -0.25) is 14.4 Å². The predicted molar refractivity (Wildman–Crippen MR) is 103 cm³/mol. The van der Waals surface area contributed by atoms with Gasteiger partial charge in [-0.15, -0.1) is 11.3 Å². The predicted octanol–water partition coefficient (Wildman–Crippen LogP) is 1.90. The number of carbonyl (C=O) groups is 3. The van der Waals surface area contributed by atoms with Gasteiger partial charge < -0.3 is 15.1 Å². The van der Waals surface area contributed by atoms with E-state index in [0.29, 0.717) is 32.5 Å². The molecule has 26 heavy (non-hydrogen) atoms. The van der Waals surface area contributed by atoms with Crippen LogP contribution in [0.4, 0.5) is 0 Å². The molecule has 1 saturated heterocycles. The van der Waals surface area contributed by atoms with Crippen LogP contribution in [-0.4, -0.2) is 59.2 Å². The number of carbonyl (C=O) groups excluding carboxylic acids is 3. The first-order valence-corrected chi connectivity index (χ1v) is 10.2. The molecule has 1 aromatic heterocycles. The van der Waals surface area contributed by atoms with Crippen LogP contribution in [-0.2, 0) is 20.8 Å². The molecule has 3 amide bonds. The highest BCUT2D eigenvalue weighted by atomic mass is 32.1. The molecular weight excluding hydrogens is 350 g/mol. The zero-order chi connectivity index (χ0) is 19.3. The van der Waals surface area contributed by atoms with Crippen molar-refractivity contribution in [1.29, 1.82) is 0 Å². The van der Waals surface area contributed by atoms with Gasteiger partial charge in [0, 0.05) is 36.5 Å². The number of likely N-dealkylation sites (tertiary alicyclic amines) is 1. The maximum absolute atomic E-state index is 12.9. The molecule has 144 valence electrons. The minimum absolute atomic E-state index is 0.0287. The van der Waals surface area contributed by atoms with Crippen LogP contribution < -0.4 is 5.32 Å². The molecule has 1 aliphatic rings. The van der Waals surface area contributed by atoms with Crippen LogP contribution in [0.15, 0.2) is 17.5 Å². The Bertz CT molecular complexity index is 626. The normalized spacial score (nSPS) is 19.7. The van der Waals surface area contributed by atoms with Gasteiger partial charge in [0.25, 0.3) is 0 Å². The van der Waals surface area contributed by atoms with Gasteiger partial charge in [-0.25, -0.2) is 0 Å². The first-order valence-electron chi connectivity index (χ1n) is 9.28. The fraction of sp³-hybridized carbons (Fsp3) is 0.632. The molecule has 7 heteroatoms. The quantitative estimate of drug-likeness (QED) is 0.787. The maximum Gasteiger partial charge on any atom is 0.245 e. The van der Waals surface area contributed by atoms with Crippen molar-refractivity contribution in [1.82, 2.24) is 15.1 Å². The second-order valence-electron chi connectivity index (χ2n) is 6.93. The molecule has 0 aromatic carbocycles. The van der Waals surface area contributed by atoms with Crippen LogP contribution in [0.3, 0.4) is 0 Å². The van der Waals surface area contributed by atoms with E-state index >= 15 is 0 Å². The lowest BCUT2D eigenvalue weighted by Gasteiger charge is -2.29. The van der Waals surface area contributed by atoms with Crippen molar-refractivity contribution in [3.63, 3.8) is 0 Å². The number of rotatable bonds is 7. The Hall–Kier alpha value is -1.89. The molecule has 1 aliphatic heterocycles. The van der Waals surface area contributed by atoms with Crippen LogP contribution in [0, 0.1) is 5.92 Å². The van der Waals surface area contributed by atoms with Crippen molar-refractivity contribution in [3.8, 4) is 0 Å². The van der Waals surface area contributed by atoms with Gasteiger partial charge in [0.05, 0.1) is 6.42 Å². The van der Waals surface area contributed by atoms with Crippen molar-refractivity contribution in [2.24, 2.45) is 5.92 Å². The van der Waals surface area contributed by atoms with Crippen molar-refractivity contribution < 1.29 is 14.4 Å². The van der Waals surface area contributed by atoms with E-state index in [4.69, 9.17) is 0 Å². The fourth-order valence-corrected chi connectivity index (χ4v) is 4.05. The van der Waals surface area contributed by atoms with Gasteiger partial charge in [-0.1, -0.05) is 19.9 Å². The Morgan fingerprint density at radius 3 is 2.54 bits per heavy atom. The van der Waals surface area contributed by atoms with E-state index < -0.39 is 6.04 Å². The summed E-state index contributed by atoms with van der Waals surface area (Å²) < 4.78 is 0. The lowest BCUT2D eigenvalue weighted by molar-refractivity contribution is -0.145. The fourth-order valence-electron chi connectivity index (χ4n) is 3.35. The number of amides is 3. The van der Waals surface area contributed by atoms with Crippen molar-refractivity contribution >= 4 is 29.1 Å². The number of nitrogens with zero attached hydrogens (tertiary/aromatic N) is 2. The molecular formula is C19H29N3O3S. The van der Waals surface area contributed by atoms with Crippen molar-refractivity contribution in [2.75, 3.05) is 19.6 Å². The summed E-state index contributed by atoms with van der Waals surface area (Å²) in [5.41, 5.74) is 0. The van der Waals surface area contributed by atoms with Crippen LogP contribution in [0.1, 0.15) is 39.0 Å². The van der Waals surface area contributed by atoms with E-state index in [-0.39, 0.29) is 29.7 Å². The van der Waals surface area contributed by atoms with Crippen LogP contribution in [0.5, 0.6) is 0 Å². The number of thiophene rings is 1. The van der Waals surface area contributed by atoms with Gasteiger partial charge in [-0.2, -0.15) is 0 Å². The first kappa shape index (κ1) is 20.4. The third-order valence-electron chi connectivity index (χ3n) is 4.72. The number of likely N-dealkylation sites (N-methyl/N-ethyl adjacent to an activating group) is 1. The zero-order valence-electron chi connectivity index (χ0n) is 16.0. The molecule has 1 aromatic rings. The molecule has 0 aliphatic carbocycles. The molecule has 0 unspecified atom stereocenters. The summed E-state index contributed by atoms with van der Waals surface area (Å²) in [6, 6.07) is 3.18. The van der Waals surface area contributed by atoms with E-state index in [0.717, 1.165) is 4.88 Å². The highest BCUT2D eigenvalue weighted by Gasteiger charge is 2.41. The Balaban J connectivity index is 2.07. The number of hydrogen-bond acceptors (Lipinski definition) is 4. The van der Waals surface area contributed by atoms with Gasteiger partial charge in [0.2, 0.25) is 17.7 Å². The monoisotopic (exact) mass is 379 g/mol. The number of nitrogens with one attached hydrogen (secondary N) is 1. The molecule has 0 saturated carbocycles. The van der Waals surface area contributed by atoms with E-state index in [2.05, 4.69) is 5.32 Å². The molecule has 2 heterocycles. The summed E-state index contributed by atoms with van der Waals surface area (Å²) in [6.45, 7) is 9.17. The molecule has 1 fully saturated rings. The minimum Gasteiger partial charge on any atom is -0.351 e. The second-order valence-corrected chi connectivity index (χ2v) is 7.96. The third-order valence-corrected chi connectivity index (χ3v) is 5.59. The highest BCUT2D eigenvalue weighted by molar-refractivity contribution is 7.10. The standard InChI is InChI=1S/C19H29N3O3S/c1-5-21(6-2)19(25)16-10-14(12-22(16)18(24)13(3)4)20-17(23)11-15-8-7-9-26-15/h7-9,13-14,16H,5-6,10-12H2,1-4H3,(H,20,23)/t14-,16+/m1/s1. The maximum atomic E-state index is 12.9. The summed E-state index contributed by atoms with van der Waals surface area (Å²) in [5, 5.41) is 4.95. The van der Waals surface area contributed by atoms with Gasteiger partial charge in [0.1, 0.15) is 6.04 Å². The second kappa shape index (κ2) is 9.16. The Morgan fingerprint density at radius 1 is 1.31 bits per heavy atom. The minimum atomic E-state index is -0.489. The van der Waals surface area contributed by atoms with Gasteiger partial charge in [0.15, 0.2) is 0 Å². The lowest BCUT2D eigenvalue weighted by atomic mass is 10.1. The molecule has 2 rings (SSSR count). The van der Waals surface area contributed by atoms with E-state index in [1.807, 2.05) is 45.2 Å². The molecule has 0 spiro atoms. The number of hydrogen-bond donors (Lipinski definition) is 1. The topological polar surface area (TPSA) is 69.7 Å². The summed E-state index contributed by atoms with van der Waals surface area (Å²) >= 11 is 1.55. The smallest absolute Gasteiger partial charge is 0.245 e. The summed E-state index contributed by atoms with van der Waals surface area (Å²) in [7, 11) is 0. The van der Waals surface area contributed by atoms with Gasteiger partial charge in [-0.05, 0) is 31.7 Å². The lowest BCUT2D eigenvalue weighted by Crippen LogP contribution is -2.48. The van der Waals surface area contributed by atoms with Crippen LogP contribution in [0.25, 0.3) is 0 Å². The average Bonchev–Trinajstić information content (AvgIpc) is 3.24. The average molecular weight is 380 g/mol. The summed E-state index contributed by atoms with van der Waals surface area (Å²) in [4.78, 5) is 42.2. The molecule has 6 nitrogen and oxygen atoms in total. The van der Waals surface area contributed by atoms with E-state index in [9.17, 15) is 14.4 Å². The summed E-state index contributed by atoms with van der Waals surface area (Å²) in [6.07, 6.45) is 0.810. The van der Waals surface area contributed by atoms with E-state index in [1.165, 1.54) is 0 Å². The Labute approximate surface area is 159 Å². The highest BCUT2D eigenvalue weighted by Crippen LogP contribution is 2.23. The zero-order valence-corrected chi connectivity index (χ0v) is 16.8. The molecule has 0 bridgehead atoms. The van der Waals surface area contributed by atoms with Crippen LogP contribution in [0.2, 0.25) is 0 Å². The molecule has 1 N–H and O–H groups in total. The molecule has 0 radical (unpaired) electrons. The largest absolute Gasteiger partial charge is 0.351 e. The SMILES string of the molecule is CCN(CC)C(=O)[C@@H]1C[C@@H](NC(=O)Cc2cccs2)CN1C(=O)C(C)C. The Kier molecular flexibility index (Phi) is 7.20. The van der Waals surface area contributed by atoms with Crippen molar-refractivity contribution in [3.05, 3.63) is 22.4 Å². The molecule has 2 atom stereocenters. The summed E-state index contributed by atoms with van der Waals surface area (Å²) in [5.74, 6) is -0.308. The first-order chi connectivity index (χ1) is 12.4. The van der Waals surface area contributed by atoms with Crippen LogP contribution >= 0.6 is 11.3 Å². The van der Waals surface area contributed by atoms with Crippen molar-refractivity contribution in [2.45, 2.75) is 52.6 Å².